The van der Waals surface area contributed by atoms with Crippen LogP contribution in [0.3, 0.4) is 0 Å². The van der Waals surface area contributed by atoms with Gasteiger partial charge in [0.15, 0.2) is 11.6 Å². The lowest BCUT2D eigenvalue weighted by Crippen LogP contribution is -2.38. The predicted molar refractivity (Wildman–Crippen MR) is 137 cm³/mol. The summed E-state index contributed by atoms with van der Waals surface area (Å²) >= 11 is 0. The van der Waals surface area contributed by atoms with Crippen LogP contribution in [-0.4, -0.2) is 36.7 Å². The van der Waals surface area contributed by atoms with Crippen molar-refractivity contribution in [1.82, 2.24) is 5.32 Å². The van der Waals surface area contributed by atoms with Crippen molar-refractivity contribution in [3.8, 4) is 0 Å². The zero-order valence-electron chi connectivity index (χ0n) is 20.8. The molecule has 6 nitrogen and oxygen atoms in total. The minimum Gasteiger partial charge on any atom is -0.478 e. The summed E-state index contributed by atoms with van der Waals surface area (Å²) in [5, 5.41) is 12.4. The van der Waals surface area contributed by atoms with Gasteiger partial charge in [-0.05, 0) is 72.7 Å². The Balaban J connectivity index is 1.34. The fourth-order valence-corrected chi connectivity index (χ4v) is 6.04. The second kappa shape index (κ2) is 9.20. The van der Waals surface area contributed by atoms with Gasteiger partial charge in [-0.3, -0.25) is 4.79 Å². The number of hydrogen-bond acceptors (Lipinski definition) is 4. The van der Waals surface area contributed by atoms with E-state index in [1.54, 1.807) is 30.3 Å². The number of hydrogen-bond donors (Lipinski definition) is 2. The number of fused-ring (bicyclic) bond motifs is 2. The molecule has 1 saturated carbocycles. The highest BCUT2D eigenvalue weighted by molar-refractivity contribution is 6.02. The zero-order valence-corrected chi connectivity index (χ0v) is 20.8. The number of para-hydroxylation sites is 1. The molecule has 0 radical (unpaired) electrons. The Morgan fingerprint density at radius 2 is 1.68 bits per heavy atom. The smallest absolute Gasteiger partial charge is 0.335 e. The highest BCUT2D eigenvalue weighted by Gasteiger charge is 2.48. The van der Waals surface area contributed by atoms with Gasteiger partial charge < -0.3 is 20.1 Å². The standard InChI is InChI=1S/C30H28F2N2O4/c31-24-9-4-19(16-25(24)32)17-34-18-29(12-14-38-15-13-29)23-3-1-2-22(26(23)34)27(35)33-30(10-11-30)21-7-5-20(6-8-21)28(36)37/h1-9,16H,10-15,17-18H2,(H,33,35)(H,36,37). The lowest BCUT2D eigenvalue weighted by molar-refractivity contribution is 0.0553. The lowest BCUT2D eigenvalue weighted by atomic mass is 9.75. The molecule has 0 bridgehead atoms. The molecule has 38 heavy (non-hydrogen) atoms. The summed E-state index contributed by atoms with van der Waals surface area (Å²) in [6, 6.07) is 16.4. The third kappa shape index (κ3) is 4.22. The SMILES string of the molecule is O=C(O)c1ccc(C2(NC(=O)c3cccc4c3N(Cc3ccc(F)c(F)c3)CC43CCOCC3)CC2)cc1. The molecule has 2 fully saturated rings. The first kappa shape index (κ1) is 24.6. The van der Waals surface area contributed by atoms with Crippen LogP contribution in [0.1, 0.15) is 63.1 Å². The third-order valence-corrected chi connectivity index (χ3v) is 8.26. The van der Waals surface area contributed by atoms with Crippen molar-refractivity contribution < 1.29 is 28.2 Å². The number of anilines is 1. The monoisotopic (exact) mass is 518 g/mol. The molecule has 2 aliphatic heterocycles. The number of nitrogens with zero attached hydrogens (tertiary/aromatic N) is 1. The van der Waals surface area contributed by atoms with Gasteiger partial charge in [-0.1, -0.05) is 30.3 Å². The van der Waals surface area contributed by atoms with Gasteiger partial charge in [0, 0.05) is 31.7 Å². The molecule has 3 aromatic rings. The first-order valence-electron chi connectivity index (χ1n) is 12.9. The number of carboxylic acid groups (broad SMARTS) is 1. The van der Waals surface area contributed by atoms with E-state index in [0.29, 0.717) is 37.4 Å². The second-order valence-corrected chi connectivity index (χ2v) is 10.6. The topological polar surface area (TPSA) is 78.9 Å². The first-order chi connectivity index (χ1) is 18.3. The fraction of sp³-hybridized carbons (Fsp3) is 0.333. The number of nitrogens with one attached hydrogen (secondary N) is 1. The molecule has 196 valence electrons. The highest BCUT2D eigenvalue weighted by atomic mass is 19.2. The third-order valence-electron chi connectivity index (χ3n) is 8.26. The Morgan fingerprint density at radius 1 is 0.947 bits per heavy atom. The van der Waals surface area contributed by atoms with Crippen molar-refractivity contribution in [2.24, 2.45) is 0 Å². The van der Waals surface area contributed by atoms with Crippen LogP contribution in [0.4, 0.5) is 14.5 Å². The number of ether oxygens (including phenoxy) is 1. The normalized spacial score (nSPS) is 18.7. The molecule has 3 aliphatic rings. The molecular formula is C30H28F2N2O4. The summed E-state index contributed by atoms with van der Waals surface area (Å²) in [6.07, 6.45) is 3.17. The number of carboxylic acids is 1. The Hall–Kier alpha value is -3.78. The number of amides is 1. The minimum atomic E-state index is -0.992. The summed E-state index contributed by atoms with van der Waals surface area (Å²) in [7, 11) is 0. The Bertz CT molecular complexity index is 1410. The van der Waals surface area contributed by atoms with Crippen molar-refractivity contribution in [2.75, 3.05) is 24.7 Å². The van der Waals surface area contributed by atoms with Crippen molar-refractivity contribution in [2.45, 2.75) is 43.2 Å². The summed E-state index contributed by atoms with van der Waals surface area (Å²) in [5.41, 5.74) is 3.46. The fourth-order valence-electron chi connectivity index (χ4n) is 6.04. The Kier molecular flexibility index (Phi) is 5.94. The lowest BCUT2D eigenvalue weighted by Gasteiger charge is -2.34. The van der Waals surface area contributed by atoms with E-state index in [4.69, 9.17) is 4.74 Å². The van der Waals surface area contributed by atoms with Crippen LogP contribution in [0.15, 0.2) is 60.7 Å². The first-order valence-corrected chi connectivity index (χ1v) is 12.9. The average molecular weight is 519 g/mol. The van der Waals surface area contributed by atoms with Gasteiger partial charge in [0.2, 0.25) is 0 Å². The van der Waals surface area contributed by atoms with Crippen LogP contribution in [0.25, 0.3) is 0 Å². The van der Waals surface area contributed by atoms with Gasteiger partial charge in [-0.25, -0.2) is 13.6 Å². The summed E-state index contributed by atoms with van der Waals surface area (Å²) in [6.45, 7) is 2.27. The molecule has 1 saturated heterocycles. The van der Waals surface area contributed by atoms with Gasteiger partial charge in [0.25, 0.3) is 5.91 Å². The number of halogens is 2. The van der Waals surface area contributed by atoms with Crippen molar-refractivity contribution >= 4 is 17.6 Å². The van der Waals surface area contributed by atoms with Crippen molar-refractivity contribution in [3.63, 3.8) is 0 Å². The maximum absolute atomic E-state index is 14.0. The van der Waals surface area contributed by atoms with Gasteiger partial charge >= 0.3 is 5.97 Å². The predicted octanol–water partition coefficient (Wildman–Crippen LogP) is 5.15. The van der Waals surface area contributed by atoms with Gasteiger partial charge in [-0.2, -0.15) is 0 Å². The molecule has 2 N–H and O–H groups in total. The molecule has 8 heteroatoms. The molecule has 1 spiro atoms. The summed E-state index contributed by atoms with van der Waals surface area (Å²) < 4.78 is 33.3. The van der Waals surface area contributed by atoms with Crippen LogP contribution in [0.5, 0.6) is 0 Å². The van der Waals surface area contributed by atoms with Crippen LogP contribution in [-0.2, 0) is 22.2 Å². The molecular weight excluding hydrogens is 490 g/mol. The van der Waals surface area contributed by atoms with Crippen molar-refractivity contribution in [1.29, 1.82) is 0 Å². The van der Waals surface area contributed by atoms with Gasteiger partial charge in [-0.15, -0.1) is 0 Å². The molecule has 3 aromatic carbocycles. The van der Waals surface area contributed by atoms with E-state index >= 15 is 0 Å². The Labute approximate surface area is 219 Å². The van der Waals surface area contributed by atoms with E-state index in [-0.39, 0.29) is 16.9 Å². The molecule has 1 amide bonds. The van der Waals surface area contributed by atoms with Crippen LogP contribution in [0.2, 0.25) is 0 Å². The van der Waals surface area contributed by atoms with Crippen LogP contribution < -0.4 is 10.2 Å². The van der Waals surface area contributed by atoms with Crippen molar-refractivity contribution in [3.05, 3.63) is 100 Å². The van der Waals surface area contributed by atoms with E-state index in [1.165, 1.54) is 6.07 Å². The van der Waals surface area contributed by atoms with Gasteiger partial charge in [0.05, 0.1) is 22.4 Å². The van der Waals surface area contributed by atoms with E-state index in [9.17, 15) is 23.5 Å². The number of benzene rings is 3. The highest BCUT2D eigenvalue weighted by Crippen LogP contribution is 2.50. The number of carbonyl (C=O) groups is 2. The molecule has 6 rings (SSSR count). The van der Waals surface area contributed by atoms with Crippen LogP contribution in [0, 0.1) is 11.6 Å². The number of aromatic carboxylic acids is 1. The van der Waals surface area contributed by atoms with E-state index < -0.39 is 23.1 Å². The van der Waals surface area contributed by atoms with Gasteiger partial charge in [0.1, 0.15) is 0 Å². The number of rotatable bonds is 6. The van der Waals surface area contributed by atoms with E-state index in [2.05, 4.69) is 16.3 Å². The van der Waals surface area contributed by atoms with E-state index in [0.717, 1.165) is 48.6 Å². The maximum Gasteiger partial charge on any atom is 0.335 e. The average Bonchev–Trinajstić information content (AvgIpc) is 3.65. The molecule has 1 aliphatic carbocycles. The number of carbonyl (C=O) groups excluding carboxylic acids is 1. The zero-order chi connectivity index (χ0) is 26.5. The Morgan fingerprint density at radius 3 is 2.34 bits per heavy atom. The minimum absolute atomic E-state index is 0.174. The molecule has 0 atom stereocenters. The van der Waals surface area contributed by atoms with E-state index in [1.807, 2.05) is 12.1 Å². The summed E-state index contributed by atoms with van der Waals surface area (Å²) in [4.78, 5) is 27.2. The quantitative estimate of drug-likeness (QED) is 0.472. The molecule has 0 aromatic heterocycles. The largest absolute Gasteiger partial charge is 0.478 e. The maximum atomic E-state index is 14.0. The second-order valence-electron chi connectivity index (χ2n) is 10.6. The van der Waals surface area contributed by atoms with Crippen LogP contribution >= 0.6 is 0 Å². The molecule has 0 unspecified atom stereocenters. The molecule has 2 heterocycles. The summed E-state index contributed by atoms with van der Waals surface area (Å²) in [5.74, 6) is -2.98.